The fraction of sp³-hybridized carbons (Fsp3) is 0.294. The Morgan fingerprint density at radius 1 is 1.21 bits per heavy atom. The molecule has 2 aromatic rings. The molecule has 0 aliphatic heterocycles. The van der Waals surface area contributed by atoms with Crippen molar-refractivity contribution in [2.45, 2.75) is 19.1 Å². The van der Waals surface area contributed by atoms with Gasteiger partial charge < -0.3 is 20.5 Å². The first-order chi connectivity index (χ1) is 11.4. The number of amides is 2. The lowest BCUT2D eigenvalue weighted by Gasteiger charge is -2.22. The minimum Gasteiger partial charge on any atom is -0.497 e. The van der Waals surface area contributed by atoms with Crippen LogP contribution >= 0.6 is 11.3 Å². The predicted molar refractivity (Wildman–Crippen MR) is 91.7 cm³/mol. The van der Waals surface area contributed by atoms with Gasteiger partial charge in [0.05, 0.1) is 13.7 Å². The number of hydrogen-bond donors (Lipinski definition) is 3. The highest BCUT2D eigenvalue weighted by Gasteiger charge is 2.26. The van der Waals surface area contributed by atoms with Crippen LogP contribution in [0.1, 0.15) is 17.4 Å². The molecular formula is C17H20N2O4S. The van der Waals surface area contributed by atoms with Crippen LogP contribution in [0.4, 0.5) is 0 Å². The van der Waals surface area contributed by atoms with Crippen LogP contribution in [-0.2, 0) is 21.7 Å². The van der Waals surface area contributed by atoms with E-state index in [2.05, 4.69) is 10.6 Å². The van der Waals surface area contributed by atoms with E-state index < -0.39 is 17.4 Å². The summed E-state index contributed by atoms with van der Waals surface area (Å²) >= 11 is 1.39. The number of benzene rings is 1. The normalized spacial score (nSPS) is 13.0. The lowest BCUT2D eigenvalue weighted by atomic mass is 10.1. The Labute approximate surface area is 144 Å². The minimum atomic E-state index is -1.21. The van der Waals surface area contributed by atoms with Gasteiger partial charge in [-0.05, 0) is 36.1 Å². The van der Waals surface area contributed by atoms with E-state index in [1.54, 1.807) is 38.3 Å². The topological polar surface area (TPSA) is 87.7 Å². The van der Waals surface area contributed by atoms with E-state index >= 15 is 0 Å². The number of hydrogen-bond acceptors (Lipinski definition) is 5. The number of carbonyl (C=O) groups is 2. The summed E-state index contributed by atoms with van der Waals surface area (Å²) in [5.74, 6) is -0.854. The Balaban J connectivity index is 1.83. The van der Waals surface area contributed by atoms with Crippen molar-refractivity contribution in [3.05, 3.63) is 52.2 Å². The maximum atomic E-state index is 11.8. The zero-order chi connectivity index (χ0) is 17.6. The van der Waals surface area contributed by atoms with Crippen molar-refractivity contribution in [2.24, 2.45) is 0 Å². The van der Waals surface area contributed by atoms with Gasteiger partial charge >= 0.3 is 11.8 Å². The second kappa shape index (κ2) is 7.94. The van der Waals surface area contributed by atoms with Crippen LogP contribution in [0.25, 0.3) is 0 Å². The van der Waals surface area contributed by atoms with Gasteiger partial charge in [0.25, 0.3) is 0 Å². The molecule has 128 valence electrons. The Morgan fingerprint density at radius 3 is 2.62 bits per heavy atom. The smallest absolute Gasteiger partial charge is 0.309 e. The van der Waals surface area contributed by atoms with Gasteiger partial charge in [-0.2, -0.15) is 0 Å². The summed E-state index contributed by atoms with van der Waals surface area (Å²) in [7, 11) is 1.56. The van der Waals surface area contributed by atoms with Gasteiger partial charge in [0.1, 0.15) is 11.4 Å². The number of carbonyl (C=O) groups excluding carboxylic acids is 2. The SMILES string of the molecule is COc1cccc(CNC(=O)C(=O)NCC(C)(O)c2cccs2)c1. The summed E-state index contributed by atoms with van der Waals surface area (Å²) in [6.07, 6.45) is 0. The monoisotopic (exact) mass is 348 g/mol. The van der Waals surface area contributed by atoms with E-state index in [1.807, 2.05) is 17.5 Å². The fourth-order valence-electron chi connectivity index (χ4n) is 2.05. The molecule has 6 nitrogen and oxygen atoms in total. The number of rotatable bonds is 6. The van der Waals surface area contributed by atoms with Crippen molar-refractivity contribution in [1.82, 2.24) is 10.6 Å². The molecule has 0 aliphatic carbocycles. The number of methoxy groups -OCH3 is 1. The molecule has 3 N–H and O–H groups in total. The Hall–Kier alpha value is -2.38. The lowest BCUT2D eigenvalue weighted by Crippen LogP contribution is -2.45. The standard InChI is InChI=1S/C17H20N2O4S/c1-17(22,14-7-4-8-24-14)11-19-16(21)15(20)18-10-12-5-3-6-13(9-12)23-2/h3-9,22H,10-11H2,1-2H3,(H,18,20)(H,19,21). The van der Waals surface area contributed by atoms with E-state index in [1.165, 1.54) is 11.3 Å². The van der Waals surface area contributed by atoms with E-state index in [0.29, 0.717) is 5.75 Å². The minimum absolute atomic E-state index is 0.0427. The summed E-state index contributed by atoms with van der Waals surface area (Å²) in [4.78, 5) is 24.4. The molecule has 0 radical (unpaired) electrons. The Kier molecular flexibility index (Phi) is 5.94. The third-order valence-electron chi connectivity index (χ3n) is 3.44. The van der Waals surface area contributed by atoms with Crippen molar-refractivity contribution in [3.8, 4) is 5.75 Å². The van der Waals surface area contributed by atoms with E-state index in [0.717, 1.165) is 10.4 Å². The zero-order valence-corrected chi connectivity index (χ0v) is 14.4. The molecule has 7 heteroatoms. The van der Waals surface area contributed by atoms with Crippen molar-refractivity contribution in [1.29, 1.82) is 0 Å². The maximum absolute atomic E-state index is 11.8. The molecule has 24 heavy (non-hydrogen) atoms. The van der Waals surface area contributed by atoms with Crippen molar-refractivity contribution in [3.63, 3.8) is 0 Å². The van der Waals surface area contributed by atoms with Gasteiger partial charge in [-0.3, -0.25) is 9.59 Å². The molecule has 0 aliphatic rings. The first kappa shape index (κ1) is 18.0. The quantitative estimate of drug-likeness (QED) is 0.689. The second-order valence-electron chi connectivity index (χ2n) is 5.47. The van der Waals surface area contributed by atoms with Gasteiger partial charge in [0.2, 0.25) is 0 Å². The van der Waals surface area contributed by atoms with Crippen LogP contribution < -0.4 is 15.4 Å². The maximum Gasteiger partial charge on any atom is 0.309 e. The van der Waals surface area contributed by atoms with E-state index in [9.17, 15) is 14.7 Å². The van der Waals surface area contributed by atoms with Gasteiger partial charge in [0.15, 0.2) is 0 Å². The first-order valence-corrected chi connectivity index (χ1v) is 8.25. The van der Waals surface area contributed by atoms with Crippen LogP contribution in [0.15, 0.2) is 41.8 Å². The largest absolute Gasteiger partial charge is 0.497 e. The molecule has 1 unspecified atom stereocenters. The molecule has 0 fully saturated rings. The molecule has 0 bridgehead atoms. The van der Waals surface area contributed by atoms with Gasteiger partial charge in [-0.25, -0.2) is 0 Å². The second-order valence-corrected chi connectivity index (χ2v) is 6.42. The molecule has 1 aromatic carbocycles. The van der Waals surface area contributed by atoms with Crippen molar-refractivity contribution in [2.75, 3.05) is 13.7 Å². The molecule has 1 heterocycles. The molecule has 0 spiro atoms. The molecule has 2 rings (SSSR count). The zero-order valence-electron chi connectivity index (χ0n) is 13.5. The Morgan fingerprint density at radius 2 is 1.96 bits per heavy atom. The van der Waals surface area contributed by atoms with Crippen LogP contribution in [0.3, 0.4) is 0 Å². The third-order valence-corrected chi connectivity index (χ3v) is 4.56. The summed E-state index contributed by atoms with van der Waals surface area (Å²) in [6, 6.07) is 10.8. The highest BCUT2D eigenvalue weighted by atomic mass is 32.1. The van der Waals surface area contributed by atoms with Crippen LogP contribution in [0.2, 0.25) is 0 Å². The number of nitrogens with one attached hydrogen (secondary N) is 2. The molecule has 2 amide bonds. The van der Waals surface area contributed by atoms with Gasteiger partial charge in [0, 0.05) is 11.4 Å². The van der Waals surface area contributed by atoms with Crippen molar-refractivity contribution < 1.29 is 19.4 Å². The van der Waals surface area contributed by atoms with Gasteiger partial charge in [-0.15, -0.1) is 11.3 Å². The molecule has 1 aromatic heterocycles. The number of thiophene rings is 1. The summed E-state index contributed by atoms with van der Waals surface area (Å²) in [5, 5.41) is 17.1. The summed E-state index contributed by atoms with van der Waals surface area (Å²) < 4.78 is 5.10. The molecule has 1 atom stereocenters. The van der Waals surface area contributed by atoms with Crippen LogP contribution in [0.5, 0.6) is 5.75 Å². The molecular weight excluding hydrogens is 328 g/mol. The van der Waals surface area contributed by atoms with E-state index in [4.69, 9.17) is 4.74 Å². The summed E-state index contributed by atoms with van der Waals surface area (Å²) in [5.41, 5.74) is -0.391. The third kappa shape index (κ3) is 4.81. The average Bonchev–Trinajstić information content (AvgIpc) is 3.13. The number of aliphatic hydroxyl groups is 1. The fourth-order valence-corrected chi connectivity index (χ4v) is 2.84. The van der Waals surface area contributed by atoms with E-state index in [-0.39, 0.29) is 13.1 Å². The lowest BCUT2D eigenvalue weighted by molar-refractivity contribution is -0.139. The first-order valence-electron chi connectivity index (χ1n) is 7.37. The Bertz CT molecular complexity index is 698. The highest BCUT2D eigenvalue weighted by Crippen LogP contribution is 2.24. The average molecular weight is 348 g/mol. The summed E-state index contributed by atoms with van der Waals surface area (Å²) in [6.45, 7) is 1.76. The van der Waals surface area contributed by atoms with Gasteiger partial charge in [-0.1, -0.05) is 18.2 Å². The van der Waals surface area contributed by atoms with Crippen LogP contribution in [0, 0.1) is 0 Å². The predicted octanol–water partition coefficient (Wildman–Crippen LogP) is 1.40. The molecule has 0 saturated heterocycles. The number of ether oxygens (including phenoxy) is 1. The molecule has 0 saturated carbocycles. The van der Waals surface area contributed by atoms with Crippen molar-refractivity contribution >= 4 is 23.2 Å². The van der Waals surface area contributed by atoms with Crippen LogP contribution in [-0.4, -0.2) is 30.6 Å². The highest BCUT2D eigenvalue weighted by molar-refractivity contribution is 7.10.